The number of hydrogen-bond donors (Lipinski definition) is 2. The van der Waals surface area contributed by atoms with Gasteiger partial charge in [0.1, 0.15) is 5.82 Å². The van der Waals surface area contributed by atoms with E-state index in [-0.39, 0.29) is 23.0 Å². The number of nitrogens with zero attached hydrogens (tertiary/aromatic N) is 2. The van der Waals surface area contributed by atoms with E-state index in [0.717, 1.165) is 11.1 Å². The SMILES string of the molecule is Cc1ccc(-c2nc(S[C@H](C)C(=O)N[C@@H](C)c3ccc(F)cc3)n[nH]2)cc1. The monoisotopic (exact) mass is 384 g/mol. The molecular formula is C20H21FN4OS. The third-order valence-electron chi connectivity index (χ3n) is 4.17. The number of thioether (sulfide) groups is 1. The molecule has 0 unspecified atom stereocenters. The van der Waals surface area contributed by atoms with Crippen molar-refractivity contribution in [2.75, 3.05) is 0 Å². The van der Waals surface area contributed by atoms with Crippen LogP contribution in [0.2, 0.25) is 0 Å². The Balaban J connectivity index is 1.59. The first kappa shape index (κ1) is 19.1. The average Bonchev–Trinajstić information content (AvgIpc) is 3.11. The van der Waals surface area contributed by atoms with Crippen molar-refractivity contribution in [3.63, 3.8) is 0 Å². The Hall–Kier alpha value is -2.67. The number of carbonyl (C=O) groups excluding carboxylic acids is 1. The molecule has 2 atom stereocenters. The van der Waals surface area contributed by atoms with Crippen LogP contribution in [0.5, 0.6) is 0 Å². The Morgan fingerprint density at radius 3 is 2.44 bits per heavy atom. The summed E-state index contributed by atoms with van der Waals surface area (Å²) in [5.41, 5.74) is 2.97. The molecule has 2 aromatic carbocycles. The van der Waals surface area contributed by atoms with Crippen molar-refractivity contribution in [3.8, 4) is 11.4 Å². The molecule has 0 radical (unpaired) electrons. The van der Waals surface area contributed by atoms with Crippen molar-refractivity contribution in [2.45, 2.75) is 37.2 Å². The Bertz CT molecular complexity index is 908. The summed E-state index contributed by atoms with van der Waals surface area (Å²) in [6, 6.07) is 13.9. The zero-order valence-corrected chi connectivity index (χ0v) is 16.2. The first-order valence-corrected chi connectivity index (χ1v) is 9.52. The zero-order chi connectivity index (χ0) is 19.4. The molecule has 7 heteroatoms. The van der Waals surface area contributed by atoms with Crippen LogP contribution in [-0.4, -0.2) is 26.3 Å². The molecule has 1 amide bonds. The lowest BCUT2D eigenvalue weighted by Crippen LogP contribution is -2.33. The van der Waals surface area contributed by atoms with Gasteiger partial charge in [-0.3, -0.25) is 9.89 Å². The third-order valence-corrected chi connectivity index (χ3v) is 5.13. The molecule has 0 aliphatic rings. The maximum atomic E-state index is 13.0. The summed E-state index contributed by atoms with van der Waals surface area (Å²) in [5, 5.41) is 10.2. The fraction of sp³-hybridized carbons (Fsp3) is 0.250. The van der Waals surface area contributed by atoms with Gasteiger partial charge in [0.15, 0.2) is 5.82 Å². The molecule has 5 nitrogen and oxygen atoms in total. The molecule has 0 saturated carbocycles. The van der Waals surface area contributed by atoms with Gasteiger partial charge in [0, 0.05) is 5.56 Å². The second-order valence-corrected chi connectivity index (χ2v) is 7.68. The van der Waals surface area contributed by atoms with Crippen molar-refractivity contribution < 1.29 is 9.18 Å². The zero-order valence-electron chi connectivity index (χ0n) is 15.4. The summed E-state index contributed by atoms with van der Waals surface area (Å²) in [5.74, 6) is 0.249. The van der Waals surface area contributed by atoms with E-state index in [1.807, 2.05) is 38.1 Å². The van der Waals surface area contributed by atoms with Gasteiger partial charge < -0.3 is 5.32 Å². The fourth-order valence-corrected chi connectivity index (χ4v) is 3.25. The molecule has 0 aliphatic carbocycles. The Morgan fingerprint density at radius 1 is 1.11 bits per heavy atom. The summed E-state index contributed by atoms with van der Waals surface area (Å²) in [4.78, 5) is 16.9. The molecule has 2 N–H and O–H groups in total. The number of carbonyl (C=O) groups is 1. The Labute approximate surface area is 161 Å². The number of H-pyrrole nitrogens is 1. The lowest BCUT2D eigenvalue weighted by Gasteiger charge is -2.17. The number of rotatable bonds is 6. The van der Waals surface area contributed by atoms with Crippen LogP contribution in [0.4, 0.5) is 4.39 Å². The fourth-order valence-electron chi connectivity index (χ4n) is 2.52. The van der Waals surface area contributed by atoms with Gasteiger partial charge in [-0.15, -0.1) is 5.10 Å². The number of nitrogens with one attached hydrogen (secondary N) is 2. The Morgan fingerprint density at radius 2 is 1.78 bits per heavy atom. The summed E-state index contributed by atoms with van der Waals surface area (Å²) in [6.07, 6.45) is 0. The van der Waals surface area contributed by atoms with Crippen LogP contribution in [-0.2, 0) is 4.79 Å². The van der Waals surface area contributed by atoms with Gasteiger partial charge >= 0.3 is 0 Å². The maximum Gasteiger partial charge on any atom is 0.233 e. The standard InChI is InChI=1S/C20H21FN4OS/c1-12-4-6-16(7-5-12)18-23-20(25-24-18)27-14(3)19(26)22-13(2)15-8-10-17(21)11-9-15/h4-11,13-14H,1-3H3,(H,22,26)(H,23,24,25)/t13-,14+/m0/s1. The quantitative estimate of drug-likeness (QED) is 0.623. The van der Waals surface area contributed by atoms with Gasteiger partial charge in [-0.25, -0.2) is 9.37 Å². The molecule has 0 aliphatic heterocycles. The number of aryl methyl sites for hydroxylation is 1. The van der Waals surface area contributed by atoms with Crippen molar-refractivity contribution >= 4 is 17.7 Å². The minimum Gasteiger partial charge on any atom is -0.349 e. The molecule has 1 aromatic heterocycles. The van der Waals surface area contributed by atoms with Crippen LogP contribution in [0.1, 0.15) is 31.0 Å². The molecule has 0 fully saturated rings. The minimum absolute atomic E-state index is 0.126. The molecule has 27 heavy (non-hydrogen) atoms. The lowest BCUT2D eigenvalue weighted by molar-refractivity contribution is -0.120. The van der Waals surface area contributed by atoms with E-state index in [9.17, 15) is 9.18 Å². The first-order chi connectivity index (χ1) is 12.9. The summed E-state index contributed by atoms with van der Waals surface area (Å²) in [6.45, 7) is 5.70. The number of hydrogen-bond acceptors (Lipinski definition) is 4. The normalized spacial score (nSPS) is 13.2. The molecule has 1 heterocycles. The molecular weight excluding hydrogens is 363 g/mol. The van der Waals surface area contributed by atoms with E-state index in [1.165, 1.54) is 29.5 Å². The van der Waals surface area contributed by atoms with Crippen molar-refractivity contribution in [2.24, 2.45) is 0 Å². The molecule has 3 rings (SSSR count). The third kappa shape index (κ3) is 4.95. The number of amides is 1. The van der Waals surface area contributed by atoms with Gasteiger partial charge in [0.05, 0.1) is 11.3 Å². The highest BCUT2D eigenvalue weighted by Crippen LogP contribution is 2.23. The highest BCUT2D eigenvalue weighted by Gasteiger charge is 2.19. The van der Waals surface area contributed by atoms with E-state index in [2.05, 4.69) is 20.5 Å². The number of aromatic nitrogens is 3. The smallest absolute Gasteiger partial charge is 0.233 e. The summed E-state index contributed by atoms with van der Waals surface area (Å²) >= 11 is 1.28. The topological polar surface area (TPSA) is 70.7 Å². The van der Waals surface area contributed by atoms with Gasteiger partial charge in [-0.1, -0.05) is 53.7 Å². The largest absolute Gasteiger partial charge is 0.349 e. The van der Waals surface area contributed by atoms with Crippen LogP contribution in [0, 0.1) is 12.7 Å². The average molecular weight is 384 g/mol. The number of aromatic amines is 1. The molecule has 0 bridgehead atoms. The van der Waals surface area contributed by atoms with Gasteiger partial charge in [-0.05, 0) is 38.5 Å². The maximum absolute atomic E-state index is 13.0. The van der Waals surface area contributed by atoms with E-state index < -0.39 is 0 Å². The van der Waals surface area contributed by atoms with E-state index in [1.54, 1.807) is 19.1 Å². The predicted molar refractivity (Wildman–Crippen MR) is 105 cm³/mol. The molecule has 0 spiro atoms. The van der Waals surface area contributed by atoms with E-state index in [0.29, 0.717) is 11.0 Å². The van der Waals surface area contributed by atoms with Crippen molar-refractivity contribution in [1.29, 1.82) is 0 Å². The number of benzene rings is 2. The van der Waals surface area contributed by atoms with Crippen molar-refractivity contribution in [3.05, 3.63) is 65.5 Å². The second-order valence-electron chi connectivity index (χ2n) is 6.37. The van der Waals surface area contributed by atoms with Crippen LogP contribution in [0.25, 0.3) is 11.4 Å². The van der Waals surface area contributed by atoms with Crippen LogP contribution in [0.3, 0.4) is 0 Å². The van der Waals surface area contributed by atoms with Gasteiger partial charge in [0.2, 0.25) is 11.1 Å². The first-order valence-electron chi connectivity index (χ1n) is 8.64. The van der Waals surface area contributed by atoms with Gasteiger partial charge in [0.25, 0.3) is 0 Å². The van der Waals surface area contributed by atoms with Crippen LogP contribution >= 0.6 is 11.8 Å². The Kier molecular flexibility index (Phi) is 5.91. The molecule has 3 aromatic rings. The minimum atomic E-state index is -0.366. The van der Waals surface area contributed by atoms with Crippen LogP contribution < -0.4 is 5.32 Å². The molecule has 0 saturated heterocycles. The lowest BCUT2D eigenvalue weighted by atomic mass is 10.1. The molecule has 140 valence electrons. The van der Waals surface area contributed by atoms with Crippen molar-refractivity contribution in [1.82, 2.24) is 20.5 Å². The summed E-state index contributed by atoms with van der Waals surface area (Å²) in [7, 11) is 0. The highest BCUT2D eigenvalue weighted by molar-refractivity contribution is 8.00. The van der Waals surface area contributed by atoms with E-state index >= 15 is 0 Å². The van der Waals surface area contributed by atoms with Crippen LogP contribution in [0.15, 0.2) is 53.7 Å². The number of halogens is 1. The second kappa shape index (κ2) is 8.35. The highest BCUT2D eigenvalue weighted by atomic mass is 32.2. The van der Waals surface area contributed by atoms with E-state index in [4.69, 9.17) is 0 Å². The summed E-state index contributed by atoms with van der Waals surface area (Å²) < 4.78 is 13.0. The predicted octanol–water partition coefficient (Wildman–Crippen LogP) is 4.28. The van der Waals surface area contributed by atoms with Gasteiger partial charge in [-0.2, -0.15) is 0 Å².